The van der Waals surface area contributed by atoms with Crippen molar-refractivity contribution in [3.63, 3.8) is 0 Å². The lowest BCUT2D eigenvalue weighted by Crippen LogP contribution is -2.34. The molecule has 0 saturated carbocycles. The van der Waals surface area contributed by atoms with Gasteiger partial charge in [0.05, 0.1) is 13.2 Å². The van der Waals surface area contributed by atoms with Gasteiger partial charge in [0.25, 0.3) is 5.56 Å². The zero-order valence-corrected chi connectivity index (χ0v) is 17.7. The van der Waals surface area contributed by atoms with Gasteiger partial charge in [-0.15, -0.1) is 0 Å². The molecule has 0 saturated heterocycles. The molecule has 0 aromatic carbocycles. The largest absolute Gasteiger partial charge is 0.464 e. The van der Waals surface area contributed by atoms with Crippen LogP contribution in [0, 0.1) is 0 Å². The Morgan fingerprint density at radius 3 is 2.31 bits per heavy atom. The minimum absolute atomic E-state index is 0.00306. The number of H-pyrrole nitrogens is 1. The first-order valence-corrected chi connectivity index (χ1v) is 9.86. The Balaban J connectivity index is 2.79. The van der Waals surface area contributed by atoms with Gasteiger partial charge in [0.1, 0.15) is 5.82 Å². The monoisotopic (exact) mass is 407 g/mol. The van der Waals surface area contributed by atoms with E-state index in [-0.39, 0.29) is 17.8 Å². The number of nitrogens with zero attached hydrogens (tertiary/aromatic N) is 4. The first-order chi connectivity index (χ1) is 13.8. The molecule has 10 nitrogen and oxygen atoms in total. The number of nitrogens with one attached hydrogen (secondary N) is 1. The van der Waals surface area contributed by atoms with Crippen LogP contribution in [0.15, 0.2) is 9.59 Å². The van der Waals surface area contributed by atoms with Crippen LogP contribution in [0.2, 0.25) is 0 Å². The number of aromatic amines is 1. The number of carbonyl (C=O) groups excluding carboxylic acids is 2. The number of esters is 1. The molecule has 1 atom stereocenters. The van der Waals surface area contributed by atoms with E-state index in [2.05, 4.69) is 28.7 Å². The molecule has 2 heterocycles. The number of hydrogen-bond acceptors (Lipinski definition) is 7. The summed E-state index contributed by atoms with van der Waals surface area (Å²) in [5.74, 6) is -0.872. The second-order valence-electron chi connectivity index (χ2n) is 6.93. The summed E-state index contributed by atoms with van der Waals surface area (Å²) in [6.45, 7) is 9.01. The Labute approximate surface area is 168 Å². The predicted octanol–water partition coefficient (Wildman–Crippen LogP) is 0.739. The fraction of sp³-hybridized carbons (Fsp3) is 0.632. The van der Waals surface area contributed by atoms with Crippen LogP contribution in [-0.2, 0) is 27.9 Å². The first-order valence-electron chi connectivity index (χ1n) is 9.86. The molecule has 2 aromatic heterocycles. The summed E-state index contributed by atoms with van der Waals surface area (Å²) in [6, 6.07) is -1.35. The van der Waals surface area contributed by atoms with E-state index < -0.39 is 29.0 Å². The average Bonchev–Trinajstić information content (AvgIpc) is 3.00. The molecule has 0 bridgehead atoms. The van der Waals surface area contributed by atoms with Gasteiger partial charge < -0.3 is 4.74 Å². The topological polar surface area (TPSA) is 119 Å². The van der Waals surface area contributed by atoms with E-state index in [9.17, 15) is 19.2 Å². The average molecular weight is 407 g/mol. The maximum Gasteiger partial charge on any atom is 0.336 e. The lowest BCUT2D eigenvalue weighted by molar-refractivity contribution is -0.150. The van der Waals surface area contributed by atoms with Crippen molar-refractivity contribution in [1.82, 2.24) is 24.0 Å². The Morgan fingerprint density at radius 2 is 1.79 bits per heavy atom. The molecule has 0 aliphatic rings. The van der Waals surface area contributed by atoms with E-state index in [1.165, 1.54) is 23.1 Å². The molecule has 2 rings (SSSR count). The maximum atomic E-state index is 12.6. The number of aryl methyl sites for hydroxylation is 1. The number of hydrogen-bond donors (Lipinski definition) is 1. The van der Waals surface area contributed by atoms with Crippen molar-refractivity contribution in [2.24, 2.45) is 7.05 Å². The summed E-state index contributed by atoms with van der Waals surface area (Å²) in [6.07, 6.45) is 1.82. The number of rotatable bonds is 10. The summed E-state index contributed by atoms with van der Waals surface area (Å²) >= 11 is 0. The number of aromatic nitrogens is 4. The van der Waals surface area contributed by atoms with Crippen molar-refractivity contribution < 1.29 is 14.3 Å². The highest BCUT2D eigenvalue weighted by Crippen LogP contribution is 2.21. The van der Waals surface area contributed by atoms with Gasteiger partial charge >= 0.3 is 11.7 Å². The fourth-order valence-electron chi connectivity index (χ4n) is 3.41. The van der Waals surface area contributed by atoms with Gasteiger partial charge in [0.2, 0.25) is 0 Å². The zero-order valence-electron chi connectivity index (χ0n) is 17.7. The lowest BCUT2D eigenvalue weighted by atomic mass is 10.2. The zero-order chi connectivity index (χ0) is 21.7. The van der Waals surface area contributed by atoms with E-state index >= 15 is 0 Å². The highest BCUT2D eigenvalue weighted by atomic mass is 16.5. The van der Waals surface area contributed by atoms with Crippen LogP contribution in [-0.4, -0.2) is 55.5 Å². The number of carbonyl (C=O) groups is 2. The van der Waals surface area contributed by atoms with Gasteiger partial charge in [-0.3, -0.25) is 28.6 Å². The third kappa shape index (κ3) is 4.64. The Kier molecular flexibility index (Phi) is 7.49. The Hall–Kier alpha value is -2.75. The lowest BCUT2D eigenvalue weighted by Gasteiger charge is -2.23. The van der Waals surface area contributed by atoms with Gasteiger partial charge in [-0.1, -0.05) is 13.8 Å². The molecule has 29 heavy (non-hydrogen) atoms. The molecule has 0 fully saturated rings. The molecule has 10 heteroatoms. The minimum atomic E-state index is -1.35. The molecular weight excluding hydrogens is 378 g/mol. The molecule has 0 radical (unpaired) electrons. The highest BCUT2D eigenvalue weighted by Gasteiger charge is 2.33. The molecule has 2 aromatic rings. The van der Waals surface area contributed by atoms with Gasteiger partial charge in [0.15, 0.2) is 23.0 Å². The minimum Gasteiger partial charge on any atom is -0.464 e. The van der Waals surface area contributed by atoms with Gasteiger partial charge in [0, 0.05) is 7.05 Å². The summed E-state index contributed by atoms with van der Waals surface area (Å²) in [5.41, 5.74) is -1.19. The van der Waals surface area contributed by atoms with Crippen LogP contribution >= 0.6 is 0 Å². The summed E-state index contributed by atoms with van der Waals surface area (Å²) < 4.78 is 7.61. The molecule has 160 valence electrons. The predicted molar refractivity (Wildman–Crippen MR) is 108 cm³/mol. The van der Waals surface area contributed by atoms with E-state index in [1.54, 1.807) is 6.92 Å². The molecule has 0 aliphatic heterocycles. The van der Waals surface area contributed by atoms with E-state index in [1.807, 2.05) is 0 Å². The number of Topliss-reactive ketones (excluding diaryl/α,β-unsaturated/α-hetero) is 1. The third-order valence-electron chi connectivity index (χ3n) is 4.62. The Morgan fingerprint density at radius 1 is 1.17 bits per heavy atom. The fourth-order valence-corrected chi connectivity index (χ4v) is 3.41. The number of fused-ring (bicyclic) bond motifs is 1. The van der Waals surface area contributed by atoms with Crippen molar-refractivity contribution in [1.29, 1.82) is 0 Å². The number of imidazole rings is 1. The molecule has 0 amide bonds. The molecule has 1 N–H and O–H groups in total. The SMILES string of the molecule is CCCN(CCC)Cc1nc2c(c(=O)[nH]c(=O)n2C)n1[C@@H](C(C)=O)C(=O)OCC. The van der Waals surface area contributed by atoms with E-state index in [4.69, 9.17) is 4.74 Å². The molecule has 0 spiro atoms. The summed E-state index contributed by atoms with van der Waals surface area (Å²) in [4.78, 5) is 58.5. The quantitative estimate of drug-likeness (QED) is 0.456. The standard InChI is InChI=1S/C19H29N5O5/c1-6-9-23(10-7-2)11-13-20-16-15(17(26)21-19(28)22(16)5)24(13)14(12(4)25)18(27)29-8-3/h14H,6-11H2,1-5H3,(H,21,26,28)/t14-/m0/s1. The van der Waals surface area contributed by atoms with Crippen molar-refractivity contribution in [2.45, 2.75) is 53.1 Å². The molecule has 0 aliphatic carbocycles. The van der Waals surface area contributed by atoms with Crippen LogP contribution in [0.25, 0.3) is 11.2 Å². The number of ketones is 1. The van der Waals surface area contributed by atoms with Crippen LogP contribution in [0.3, 0.4) is 0 Å². The van der Waals surface area contributed by atoms with Crippen molar-refractivity contribution in [3.05, 3.63) is 26.7 Å². The Bertz CT molecular complexity index is 997. The molecule has 0 unspecified atom stereocenters. The van der Waals surface area contributed by atoms with Crippen molar-refractivity contribution in [2.75, 3.05) is 19.7 Å². The van der Waals surface area contributed by atoms with Crippen molar-refractivity contribution in [3.8, 4) is 0 Å². The second-order valence-corrected chi connectivity index (χ2v) is 6.93. The highest BCUT2D eigenvalue weighted by molar-refractivity contribution is 6.01. The van der Waals surface area contributed by atoms with Gasteiger partial charge in [-0.05, 0) is 39.8 Å². The van der Waals surface area contributed by atoms with E-state index in [0.29, 0.717) is 12.4 Å². The van der Waals surface area contributed by atoms with Crippen LogP contribution in [0.1, 0.15) is 52.4 Å². The van der Waals surface area contributed by atoms with Crippen LogP contribution < -0.4 is 11.2 Å². The van der Waals surface area contributed by atoms with Crippen LogP contribution in [0.5, 0.6) is 0 Å². The number of ether oxygens (including phenoxy) is 1. The normalized spacial score (nSPS) is 12.5. The van der Waals surface area contributed by atoms with Crippen LogP contribution in [0.4, 0.5) is 0 Å². The maximum absolute atomic E-state index is 12.6. The van der Waals surface area contributed by atoms with E-state index in [0.717, 1.165) is 25.9 Å². The third-order valence-corrected chi connectivity index (χ3v) is 4.62. The van der Waals surface area contributed by atoms with Crippen molar-refractivity contribution >= 4 is 22.9 Å². The molecular formula is C19H29N5O5. The first kappa shape index (κ1) is 22.5. The smallest absolute Gasteiger partial charge is 0.336 e. The van der Waals surface area contributed by atoms with Gasteiger partial charge in [-0.2, -0.15) is 0 Å². The summed E-state index contributed by atoms with van der Waals surface area (Å²) in [5, 5.41) is 0. The summed E-state index contributed by atoms with van der Waals surface area (Å²) in [7, 11) is 1.48. The van der Waals surface area contributed by atoms with Gasteiger partial charge in [-0.25, -0.2) is 14.6 Å². The second kappa shape index (κ2) is 9.64.